The minimum Gasteiger partial charge on any atom is -0.387 e. The van der Waals surface area contributed by atoms with Gasteiger partial charge in [-0.15, -0.1) is 0 Å². The largest absolute Gasteiger partial charge is 0.387 e. The summed E-state index contributed by atoms with van der Waals surface area (Å²) in [6.45, 7) is 5.01. The molecule has 10 heteroatoms. The van der Waals surface area contributed by atoms with Crippen LogP contribution in [0.4, 0.5) is 5.82 Å². The summed E-state index contributed by atoms with van der Waals surface area (Å²) in [4.78, 5) is 18.9. The quantitative estimate of drug-likeness (QED) is 0.279. The molecule has 10 nitrogen and oxygen atoms in total. The molecule has 1 saturated heterocycles. The maximum absolute atomic E-state index is 10.8. The van der Waals surface area contributed by atoms with E-state index in [0.29, 0.717) is 41.3 Å². The van der Waals surface area contributed by atoms with Gasteiger partial charge in [-0.2, -0.15) is 0 Å². The van der Waals surface area contributed by atoms with Gasteiger partial charge in [0, 0.05) is 25.2 Å². The van der Waals surface area contributed by atoms with Crippen molar-refractivity contribution in [3.8, 4) is 0 Å². The van der Waals surface area contributed by atoms with Crippen molar-refractivity contribution >= 4 is 27.9 Å². The third-order valence-electron chi connectivity index (χ3n) is 8.17. The Morgan fingerprint density at radius 1 is 1.18 bits per heavy atom. The highest BCUT2D eigenvalue weighted by Crippen LogP contribution is 2.37. The molecule has 1 saturated carbocycles. The van der Waals surface area contributed by atoms with E-state index >= 15 is 0 Å². The van der Waals surface area contributed by atoms with Crippen LogP contribution in [0, 0.1) is 11.8 Å². The lowest BCUT2D eigenvalue weighted by Gasteiger charge is -2.42. The second-order valence-electron chi connectivity index (χ2n) is 11.5. The molecule has 0 amide bonds. The Morgan fingerprint density at radius 3 is 2.79 bits per heavy atom. The maximum Gasteiger partial charge on any atom is 0.164 e. The number of aliphatic hydroxyl groups is 2. The Bertz CT molecular complexity index is 1430. The molecule has 4 heterocycles. The highest BCUT2D eigenvalue weighted by atomic mass is 16.6. The lowest BCUT2D eigenvalue weighted by atomic mass is 9.77. The van der Waals surface area contributed by atoms with Gasteiger partial charge in [0.25, 0.3) is 0 Å². The summed E-state index contributed by atoms with van der Waals surface area (Å²) in [5.74, 6) is 2.63. The number of nitrogens with two attached hydrogens (primary N) is 1. The highest BCUT2D eigenvalue weighted by molar-refractivity contribution is 5.86. The van der Waals surface area contributed by atoms with Crippen molar-refractivity contribution < 1.29 is 14.9 Å². The summed E-state index contributed by atoms with van der Waals surface area (Å²) in [7, 11) is 2.06. The number of H-pyrrole nitrogens is 1. The van der Waals surface area contributed by atoms with Gasteiger partial charge in [0.1, 0.15) is 41.9 Å². The van der Waals surface area contributed by atoms with Crippen molar-refractivity contribution in [1.29, 1.82) is 0 Å². The van der Waals surface area contributed by atoms with Crippen LogP contribution >= 0.6 is 0 Å². The number of rotatable bonds is 8. The van der Waals surface area contributed by atoms with Crippen LogP contribution in [0.2, 0.25) is 0 Å². The van der Waals surface area contributed by atoms with Crippen molar-refractivity contribution in [2.75, 3.05) is 19.3 Å². The number of hydrogen-bond acceptors (Lipinski definition) is 8. The topological polar surface area (TPSA) is 138 Å². The maximum atomic E-state index is 10.8. The van der Waals surface area contributed by atoms with Crippen LogP contribution < -0.4 is 5.73 Å². The number of ether oxygens (including phenoxy) is 1. The van der Waals surface area contributed by atoms with E-state index in [9.17, 15) is 10.2 Å². The van der Waals surface area contributed by atoms with E-state index in [1.54, 1.807) is 16.8 Å². The van der Waals surface area contributed by atoms with Crippen LogP contribution in [0.5, 0.6) is 0 Å². The molecule has 202 valence electrons. The fraction of sp³-hybridized carbons (Fsp3) is 0.536. The van der Waals surface area contributed by atoms with Crippen molar-refractivity contribution in [2.45, 2.75) is 70.1 Å². The van der Waals surface area contributed by atoms with Crippen LogP contribution in [0.25, 0.3) is 22.1 Å². The fourth-order valence-electron chi connectivity index (χ4n) is 6.04. The Labute approximate surface area is 221 Å². The van der Waals surface area contributed by atoms with Crippen molar-refractivity contribution in [3.05, 3.63) is 48.2 Å². The summed E-state index contributed by atoms with van der Waals surface area (Å²) in [6.07, 6.45) is 4.00. The van der Waals surface area contributed by atoms with Crippen LogP contribution in [-0.4, -0.2) is 77.6 Å². The average molecular weight is 520 g/mol. The average Bonchev–Trinajstić information content (AvgIpc) is 3.53. The smallest absolute Gasteiger partial charge is 0.164 e. The number of anilines is 1. The van der Waals surface area contributed by atoms with Gasteiger partial charge in [-0.3, -0.25) is 0 Å². The summed E-state index contributed by atoms with van der Waals surface area (Å²) in [6, 6.07) is 8.75. The number of aromatic nitrogens is 5. The zero-order valence-corrected chi connectivity index (χ0v) is 22.2. The molecule has 2 fully saturated rings. The predicted molar refractivity (Wildman–Crippen MR) is 145 cm³/mol. The SMILES string of the molecule is CC(C)Cc1ccc2nc(CC3CC(N(C)CC4O[C@@H](n5ccc6c(N)ncnc65)[C@H](O)[C@@H]4O)C3)[nH]c2c1. The molecule has 38 heavy (non-hydrogen) atoms. The number of aromatic amines is 1. The van der Waals surface area contributed by atoms with Crippen LogP contribution in [0.15, 0.2) is 36.8 Å². The summed E-state index contributed by atoms with van der Waals surface area (Å²) >= 11 is 0. The van der Waals surface area contributed by atoms with Gasteiger partial charge in [-0.25, -0.2) is 15.0 Å². The van der Waals surface area contributed by atoms with E-state index < -0.39 is 24.5 Å². The summed E-state index contributed by atoms with van der Waals surface area (Å²) < 4.78 is 7.88. The first-order valence-corrected chi connectivity index (χ1v) is 13.5. The molecule has 1 aliphatic carbocycles. The molecule has 0 bridgehead atoms. The van der Waals surface area contributed by atoms with Crippen molar-refractivity contribution in [1.82, 2.24) is 29.4 Å². The predicted octanol–water partition coefficient (Wildman–Crippen LogP) is 2.66. The molecule has 3 aromatic heterocycles. The molecule has 1 aromatic carbocycles. The summed E-state index contributed by atoms with van der Waals surface area (Å²) in [5, 5.41) is 22.2. The Kier molecular flexibility index (Phi) is 6.59. The van der Waals surface area contributed by atoms with E-state index in [0.717, 1.165) is 42.5 Å². The van der Waals surface area contributed by atoms with Crippen LogP contribution in [-0.2, 0) is 17.6 Å². The van der Waals surface area contributed by atoms with E-state index in [-0.39, 0.29) is 0 Å². The minimum absolute atomic E-state index is 0.371. The van der Waals surface area contributed by atoms with Crippen molar-refractivity contribution in [3.63, 3.8) is 0 Å². The number of nitrogens with one attached hydrogen (secondary N) is 1. The Hall–Kier alpha value is -3.05. The first kappa shape index (κ1) is 25.2. The zero-order valence-electron chi connectivity index (χ0n) is 22.2. The van der Waals surface area contributed by atoms with Crippen LogP contribution in [0.3, 0.4) is 0 Å². The molecular weight excluding hydrogens is 482 g/mol. The lowest BCUT2D eigenvalue weighted by molar-refractivity contribution is -0.0509. The Morgan fingerprint density at radius 2 is 2.00 bits per heavy atom. The monoisotopic (exact) mass is 519 g/mol. The molecular formula is C28H37N7O3. The third-order valence-corrected chi connectivity index (χ3v) is 8.17. The number of fused-ring (bicyclic) bond motifs is 2. The molecule has 1 aliphatic heterocycles. The minimum atomic E-state index is -1.07. The number of aliphatic hydroxyl groups excluding tert-OH is 2. The molecule has 4 aromatic rings. The van der Waals surface area contributed by atoms with Gasteiger partial charge in [0.05, 0.1) is 16.4 Å². The van der Waals surface area contributed by atoms with Gasteiger partial charge < -0.3 is 35.1 Å². The molecule has 0 spiro atoms. The van der Waals surface area contributed by atoms with E-state index in [1.807, 2.05) is 0 Å². The molecule has 1 unspecified atom stereocenters. The fourth-order valence-corrected chi connectivity index (χ4v) is 6.04. The van der Waals surface area contributed by atoms with Gasteiger partial charge in [-0.1, -0.05) is 19.9 Å². The number of hydrogen-bond donors (Lipinski definition) is 4. The third kappa shape index (κ3) is 4.66. The standard InChI is InChI=1S/C28H37N7O3/c1-15(2)8-16-4-5-20-21(11-16)33-23(32-20)12-17-9-18(10-17)34(3)13-22-24(36)25(37)28(38-22)35-7-6-19-26(29)30-14-31-27(19)35/h4-7,11,14-15,17-18,22,24-25,28,36-37H,8-10,12-13H2,1-3H3,(H,32,33)(H2,29,30,31)/t17?,18?,22?,24-,25-,28-/m1/s1. The molecule has 5 N–H and O–H groups in total. The molecule has 0 radical (unpaired) electrons. The normalized spacial score (nSPS) is 27.7. The molecule has 6 rings (SSSR count). The van der Waals surface area contributed by atoms with Gasteiger partial charge in [0.15, 0.2) is 6.23 Å². The zero-order chi connectivity index (χ0) is 26.6. The molecule has 2 aliphatic rings. The van der Waals surface area contributed by atoms with Gasteiger partial charge >= 0.3 is 0 Å². The number of imidazole rings is 1. The second-order valence-corrected chi connectivity index (χ2v) is 11.5. The number of benzene rings is 1. The van der Waals surface area contributed by atoms with Crippen molar-refractivity contribution in [2.24, 2.45) is 11.8 Å². The number of nitrogen functional groups attached to an aromatic ring is 1. The van der Waals surface area contributed by atoms with E-state index in [2.05, 4.69) is 58.9 Å². The van der Waals surface area contributed by atoms with E-state index in [4.69, 9.17) is 15.5 Å². The van der Waals surface area contributed by atoms with Gasteiger partial charge in [-0.05, 0) is 61.9 Å². The van der Waals surface area contributed by atoms with Crippen LogP contribution in [0.1, 0.15) is 44.3 Å². The summed E-state index contributed by atoms with van der Waals surface area (Å²) in [5.41, 5.74) is 10.0. The second kappa shape index (κ2) is 9.92. The lowest BCUT2D eigenvalue weighted by Crippen LogP contribution is -2.48. The Balaban J connectivity index is 1.04. The first-order chi connectivity index (χ1) is 18.3. The number of likely N-dealkylation sites (N-methyl/N-ethyl adjacent to an activating group) is 1. The first-order valence-electron chi connectivity index (χ1n) is 13.5. The highest BCUT2D eigenvalue weighted by Gasteiger charge is 2.45. The van der Waals surface area contributed by atoms with E-state index in [1.165, 1.54) is 11.9 Å². The van der Waals surface area contributed by atoms with Gasteiger partial charge in [0.2, 0.25) is 0 Å². The molecule has 4 atom stereocenters. The number of nitrogens with zero attached hydrogens (tertiary/aromatic N) is 5.